The number of hydrogen-bond donors (Lipinski definition) is 1. The van der Waals surface area contributed by atoms with Crippen LogP contribution in [0.2, 0.25) is 0 Å². The van der Waals surface area contributed by atoms with Crippen LogP contribution < -0.4 is 5.32 Å². The number of anilines is 1. The number of pyridine rings is 1. The van der Waals surface area contributed by atoms with Gasteiger partial charge in [0.05, 0.1) is 10.8 Å². The van der Waals surface area contributed by atoms with Crippen molar-refractivity contribution in [1.29, 1.82) is 0 Å². The minimum absolute atomic E-state index is 0.00571. The molecule has 9 heteroatoms. The lowest BCUT2D eigenvalue weighted by molar-refractivity contribution is -0.384. The van der Waals surface area contributed by atoms with Gasteiger partial charge < -0.3 is 5.32 Å². The second kappa shape index (κ2) is 8.00. The highest BCUT2D eigenvalue weighted by molar-refractivity contribution is 7.99. The minimum Gasteiger partial charge on any atom is -0.324 e. The van der Waals surface area contributed by atoms with E-state index in [0.717, 1.165) is 28.1 Å². The fourth-order valence-electron chi connectivity index (χ4n) is 6.07. The van der Waals surface area contributed by atoms with Crippen molar-refractivity contribution in [2.24, 2.45) is 5.92 Å². The van der Waals surface area contributed by atoms with Crippen molar-refractivity contribution in [3.8, 4) is 0 Å². The van der Waals surface area contributed by atoms with Gasteiger partial charge in [0.25, 0.3) is 5.69 Å². The highest BCUT2D eigenvalue weighted by Gasteiger charge is 2.69. The topological polar surface area (TPSA) is 105 Å². The highest BCUT2D eigenvalue weighted by Crippen LogP contribution is 2.61. The van der Waals surface area contributed by atoms with Crippen LogP contribution in [-0.2, 0) is 10.3 Å². The monoisotopic (exact) mass is 486 g/mol. The summed E-state index contributed by atoms with van der Waals surface area (Å²) in [5.41, 5.74) is 2.65. The number of fused-ring (bicyclic) bond motifs is 4. The average Bonchev–Trinajstić information content (AvgIpc) is 3.53. The third-order valence-electron chi connectivity index (χ3n) is 7.49. The van der Waals surface area contributed by atoms with Gasteiger partial charge >= 0.3 is 0 Å². The van der Waals surface area contributed by atoms with Crippen molar-refractivity contribution in [1.82, 2.24) is 9.88 Å². The molecule has 3 aliphatic heterocycles. The van der Waals surface area contributed by atoms with Crippen LogP contribution in [0.25, 0.3) is 0 Å². The van der Waals surface area contributed by atoms with E-state index in [4.69, 9.17) is 0 Å². The number of thioether (sulfide) groups is 1. The van der Waals surface area contributed by atoms with Crippen LogP contribution in [0.3, 0.4) is 0 Å². The molecular weight excluding hydrogens is 464 g/mol. The lowest BCUT2D eigenvalue weighted by atomic mass is 9.69. The van der Waals surface area contributed by atoms with E-state index in [1.165, 1.54) is 12.1 Å². The van der Waals surface area contributed by atoms with Gasteiger partial charge in [0.1, 0.15) is 5.54 Å². The fraction of sp³-hybridized carbons (Fsp3) is 0.269. The van der Waals surface area contributed by atoms with Gasteiger partial charge in [-0.25, -0.2) is 0 Å². The summed E-state index contributed by atoms with van der Waals surface area (Å²) in [4.78, 5) is 45.4. The minimum atomic E-state index is -1.17. The molecule has 176 valence electrons. The molecule has 2 fully saturated rings. The van der Waals surface area contributed by atoms with Gasteiger partial charge in [-0.1, -0.05) is 29.8 Å². The van der Waals surface area contributed by atoms with E-state index in [-0.39, 0.29) is 29.3 Å². The first-order valence-corrected chi connectivity index (χ1v) is 12.5. The number of hydrogen-bond acceptors (Lipinski definition) is 7. The molecule has 4 atom stereocenters. The quantitative estimate of drug-likeness (QED) is 0.336. The van der Waals surface area contributed by atoms with Crippen LogP contribution in [0.5, 0.6) is 0 Å². The zero-order valence-corrected chi connectivity index (χ0v) is 19.7. The highest BCUT2D eigenvalue weighted by atomic mass is 32.2. The number of carbonyl (C=O) groups excluding carboxylic acids is 2. The molecule has 8 nitrogen and oxygen atoms in total. The molecule has 35 heavy (non-hydrogen) atoms. The van der Waals surface area contributed by atoms with E-state index in [0.29, 0.717) is 11.4 Å². The van der Waals surface area contributed by atoms with Crippen molar-refractivity contribution in [2.75, 3.05) is 16.9 Å². The molecule has 6 rings (SSSR count). The maximum Gasteiger partial charge on any atom is 0.269 e. The summed E-state index contributed by atoms with van der Waals surface area (Å²) < 4.78 is 0. The molecule has 0 saturated carbocycles. The Balaban J connectivity index is 1.60. The third-order valence-corrected chi connectivity index (χ3v) is 8.53. The lowest BCUT2D eigenvalue weighted by Gasteiger charge is -2.36. The maximum atomic E-state index is 14.3. The second-order valence-corrected chi connectivity index (χ2v) is 10.3. The van der Waals surface area contributed by atoms with E-state index < -0.39 is 16.4 Å². The number of rotatable bonds is 4. The van der Waals surface area contributed by atoms with Gasteiger partial charge in [0, 0.05) is 64.9 Å². The molecule has 0 aliphatic carbocycles. The molecule has 1 spiro atoms. The Morgan fingerprint density at radius 2 is 2.03 bits per heavy atom. The molecule has 0 radical (unpaired) electrons. The number of Topliss-reactive ketones (excluding diaryl/α,β-unsaturated/α-hetero) is 1. The molecule has 1 N–H and O–H groups in total. The van der Waals surface area contributed by atoms with Crippen LogP contribution in [0, 0.1) is 23.0 Å². The van der Waals surface area contributed by atoms with E-state index in [2.05, 4.69) is 15.2 Å². The number of nitrogens with zero attached hydrogens (tertiary/aromatic N) is 3. The van der Waals surface area contributed by atoms with Gasteiger partial charge in [-0.05, 0) is 30.7 Å². The summed E-state index contributed by atoms with van der Waals surface area (Å²) in [6.45, 7) is 1.98. The van der Waals surface area contributed by atoms with Gasteiger partial charge in [-0.3, -0.25) is 29.6 Å². The first kappa shape index (κ1) is 21.9. The molecule has 3 aliphatic rings. The molecular formula is C26H22N4O4S. The SMILES string of the molecule is Cc1ccc2c(c1)[C@]1(C(=O)N2)[C@H](C(=O)c2cccnc2)[C@@H](c2ccc([N+](=O)[O-])cc2)[C@@H]2CSCN21. The largest absolute Gasteiger partial charge is 0.324 e. The number of nitro benzene ring substituents is 1. The number of carbonyl (C=O) groups is 2. The smallest absolute Gasteiger partial charge is 0.269 e. The van der Waals surface area contributed by atoms with E-state index in [9.17, 15) is 19.7 Å². The molecule has 2 aromatic carbocycles. The molecule has 1 amide bonds. The zero-order valence-electron chi connectivity index (χ0n) is 18.9. The second-order valence-electron chi connectivity index (χ2n) is 9.26. The van der Waals surface area contributed by atoms with Gasteiger partial charge in [-0.2, -0.15) is 0 Å². The number of amides is 1. The molecule has 2 saturated heterocycles. The number of ketones is 1. The van der Waals surface area contributed by atoms with Gasteiger partial charge in [-0.15, -0.1) is 11.8 Å². The van der Waals surface area contributed by atoms with Gasteiger partial charge in [0.2, 0.25) is 5.91 Å². The van der Waals surface area contributed by atoms with Crippen LogP contribution in [0.1, 0.15) is 33.0 Å². The number of benzene rings is 2. The fourth-order valence-corrected chi connectivity index (χ4v) is 7.40. The summed E-state index contributed by atoms with van der Waals surface area (Å²) in [6.07, 6.45) is 3.16. The number of nitro groups is 1. The van der Waals surface area contributed by atoms with Crippen molar-refractivity contribution in [2.45, 2.75) is 24.4 Å². The number of aromatic nitrogens is 1. The summed E-state index contributed by atoms with van der Waals surface area (Å²) >= 11 is 1.74. The average molecular weight is 487 g/mol. The first-order valence-electron chi connectivity index (χ1n) is 11.4. The normalized spacial score (nSPS) is 27.0. The van der Waals surface area contributed by atoms with Crippen molar-refractivity contribution < 1.29 is 14.5 Å². The first-order chi connectivity index (χ1) is 16.9. The van der Waals surface area contributed by atoms with Crippen LogP contribution >= 0.6 is 11.8 Å². The van der Waals surface area contributed by atoms with Crippen LogP contribution in [0.15, 0.2) is 67.0 Å². The van der Waals surface area contributed by atoms with Crippen molar-refractivity contribution in [3.05, 3.63) is 99.4 Å². The standard InChI is InChI=1S/C26H22N4O4S/c1-15-4-9-20-19(11-15)26(25(32)28-20)23(24(31)17-3-2-10-27-12-17)22(21-13-35-14-29(21)26)16-5-7-18(8-6-16)30(33)34/h2-12,21-23H,13-14H2,1H3,(H,28,32)/t21-,22-,23-,26+/m0/s1. The summed E-state index contributed by atoms with van der Waals surface area (Å²) in [6, 6.07) is 15.7. The Morgan fingerprint density at radius 1 is 1.23 bits per heavy atom. The van der Waals surface area contributed by atoms with Crippen molar-refractivity contribution in [3.63, 3.8) is 0 Å². The third kappa shape index (κ3) is 3.08. The van der Waals surface area contributed by atoms with E-state index >= 15 is 0 Å². The molecule has 0 bridgehead atoms. The predicted octanol–water partition coefficient (Wildman–Crippen LogP) is 4.12. The summed E-state index contributed by atoms with van der Waals surface area (Å²) in [5.74, 6) is -0.0131. The molecule has 4 heterocycles. The zero-order chi connectivity index (χ0) is 24.3. The molecule has 1 aromatic heterocycles. The Morgan fingerprint density at radius 3 is 2.74 bits per heavy atom. The van der Waals surface area contributed by atoms with E-state index in [1.807, 2.05) is 25.1 Å². The Bertz CT molecular complexity index is 1360. The van der Waals surface area contributed by atoms with Crippen LogP contribution in [0.4, 0.5) is 11.4 Å². The molecule has 0 unspecified atom stereocenters. The molecule has 3 aromatic rings. The van der Waals surface area contributed by atoms with Crippen LogP contribution in [-0.4, -0.2) is 44.2 Å². The number of non-ortho nitro benzene ring substituents is 1. The number of nitrogens with one attached hydrogen (secondary N) is 1. The Hall–Kier alpha value is -3.56. The Kier molecular flexibility index (Phi) is 5.01. The number of aryl methyl sites for hydroxylation is 1. The lowest BCUT2D eigenvalue weighted by Crippen LogP contribution is -2.52. The van der Waals surface area contributed by atoms with Gasteiger partial charge in [0.15, 0.2) is 5.78 Å². The Labute approximate surface area is 205 Å². The summed E-state index contributed by atoms with van der Waals surface area (Å²) in [7, 11) is 0. The maximum absolute atomic E-state index is 14.3. The predicted molar refractivity (Wildman–Crippen MR) is 132 cm³/mol. The summed E-state index contributed by atoms with van der Waals surface area (Å²) in [5, 5.41) is 14.3. The van der Waals surface area contributed by atoms with E-state index in [1.54, 1.807) is 48.4 Å². The van der Waals surface area contributed by atoms with Crippen molar-refractivity contribution >= 4 is 34.8 Å².